The van der Waals surface area contributed by atoms with Gasteiger partial charge in [0.15, 0.2) is 10.8 Å². The van der Waals surface area contributed by atoms with Crippen molar-refractivity contribution in [1.82, 2.24) is 19.6 Å². The molecule has 1 aromatic carbocycles. The van der Waals surface area contributed by atoms with Crippen LogP contribution in [0.25, 0.3) is 16.6 Å². The van der Waals surface area contributed by atoms with Crippen molar-refractivity contribution in [2.75, 3.05) is 17.8 Å². The third-order valence-corrected chi connectivity index (χ3v) is 5.08. The van der Waals surface area contributed by atoms with Gasteiger partial charge in [0, 0.05) is 17.4 Å². The van der Waals surface area contributed by atoms with Crippen molar-refractivity contribution in [3.8, 4) is 0 Å². The van der Waals surface area contributed by atoms with Crippen LogP contribution in [0.4, 0.5) is 0 Å². The Morgan fingerprint density at radius 3 is 2.76 bits per heavy atom. The highest BCUT2D eigenvalue weighted by molar-refractivity contribution is 8.00. The number of rotatable bonds is 4. The van der Waals surface area contributed by atoms with Gasteiger partial charge in [-0.3, -0.25) is 0 Å². The summed E-state index contributed by atoms with van der Waals surface area (Å²) >= 11 is 1.38. The molecule has 0 atom stereocenters. The quantitative estimate of drug-likeness (QED) is 0.538. The van der Waals surface area contributed by atoms with Crippen LogP contribution >= 0.6 is 11.8 Å². The minimum atomic E-state index is -2.98. The molecule has 0 aliphatic rings. The van der Waals surface area contributed by atoms with E-state index in [4.69, 9.17) is 0 Å². The Morgan fingerprint density at radius 2 is 2.00 bits per heavy atom. The van der Waals surface area contributed by atoms with Crippen LogP contribution in [0, 0.1) is 6.92 Å². The van der Waals surface area contributed by atoms with Gasteiger partial charge in [-0.2, -0.15) is 4.52 Å². The molecule has 21 heavy (non-hydrogen) atoms. The van der Waals surface area contributed by atoms with E-state index >= 15 is 0 Å². The van der Waals surface area contributed by atoms with Crippen LogP contribution in [0.2, 0.25) is 0 Å². The molecule has 0 radical (unpaired) electrons. The molecule has 2 aromatic heterocycles. The third kappa shape index (κ3) is 3.01. The summed E-state index contributed by atoms with van der Waals surface area (Å²) < 4.78 is 24.2. The normalized spacial score (nSPS) is 12.3. The minimum absolute atomic E-state index is 0.112. The van der Waals surface area contributed by atoms with E-state index in [2.05, 4.69) is 15.1 Å². The van der Waals surface area contributed by atoms with E-state index in [9.17, 15) is 8.42 Å². The summed E-state index contributed by atoms with van der Waals surface area (Å²) in [5, 5.41) is 5.95. The predicted octanol–water partition coefficient (Wildman–Crippen LogP) is 1.72. The largest absolute Gasteiger partial charge is 0.229 e. The summed E-state index contributed by atoms with van der Waals surface area (Å²) in [6.07, 6.45) is 1.23. The Kier molecular flexibility index (Phi) is 3.58. The van der Waals surface area contributed by atoms with Gasteiger partial charge in [0.05, 0.1) is 11.3 Å². The van der Waals surface area contributed by atoms with Gasteiger partial charge in [-0.15, -0.1) is 5.10 Å². The molecule has 3 aromatic rings. The number of aryl methyl sites for hydroxylation is 1. The summed E-state index contributed by atoms with van der Waals surface area (Å²) in [6.45, 7) is 1.83. The van der Waals surface area contributed by atoms with Crippen LogP contribution in [0.15, 0.2) is 29.4 Å². The van der Waals surface area contributed by atoms with Crippen LogP contribution in [-0.4, -0.2) is 45.8 Å². The molecule has 0 saturated carbocycles. The summed E-state index contributed by atoms with van der Waals surface area (Å²) in [5.74, 6) is 1.22. The highest BCUT2D eigenvalue weighted by atomic mass is 32.2. The van der Waals surface area contributed by atoms with Crippen LogP contribution in [0.1, 0.15) is 5.82 Å². The number of hydrogen-bond acceptors (Lipinski definition) is 6. The van der Waals surface area contributed by atoms with Crippen molar-refractivity contribution in [1.29, 1.82) is 0 Å². The van der Waals surface area contributed by atoms with E-state index in [1.54, 1.807) is 4.52 Å². The fourth-order valence-corrected chi connectivity index (χ4v) is 4.15. The van der Waals surface area contributed by atoms with Gasteiger partial charge in [0.1, 0.15) is 15.7 Å². The van der Waals surface area contributed by atoms with E-state index in [0.717, 1.165) is 16.6 Å². The van der Waals surface area contributed by atoms with E-state index in [1.807, 2.05) is 31.2 Å². The SMILES string of the molecule is Cc1nc2c3ccccc3nc(SCCS(C)(=O)=O)n2n1. The zero-order valence-corrected chi connectivity index (χ0v) is 13.3. The molecule has 3 rings (SSSR count). The van der Waals surface area contributed by atoms with Gasteiger partial charge in [-0.25, -0.2) is 18.4 Å². The van der Waals surface area contributed by atoms with Crippen LogP contribution in [0.3, 0.4) is 0 Å². The fraction of sp³-hybridized carbons (Fsp3) is 0.308. The second-order valence-electron chi connectivity index (χ2n) is 4.78. The maximum absolute atomic E-state index is 11.2. The summed E-state index contributed by atoms with van der Waals surface area (Å²) in [7, 11) is -2.98. The molecule has 8 heteroatoms. The number of sulfone groups is 1. The topological polar surface area (TPSA) is 77.2 Å². The van der Waals surface area contributed by atoms with Crippen LogP contribution in [0.5, 0.6) is 0 Å². The molecular weight excluding hydrogens is 308 g/mol. The van der Waals surface area contributed by atoms with Gasteiger partial charge in [-0.05, 0) is 19.1 Å². The first-order valence-electron chi connectivity index (χ1n) is 6.37. The minimum Gasteiger partial charge on any atom is -0.229 e. The number of fused-ring (bicyclic) bond motifs is 3. The van der Waals surface area contributed by atoms with Gasteiger partial charge in [0.25, 0.3) is 0 Å². The number of thioether (sulfide) groups is 1. The van der Waals surface area contributed by atoms with Gasteiger partial charge in [0.2, 0.25) is 0 Å². The lowest BCUT2D eigenvalue weighted by atomic mass is 10.2. The lowest BCUT2D eigenvalue weighted by molar-refractivity contribution is 0.603. The molecular formula is C13H14N4O2S2. The standard InChI is InChI=1S/C13H14N4O2S2/c1-9-14-12-10-5-3-4-6-11(10)15-13(17(12)16-9)20-7-8-21(2,18)19/h3-6H,7-8H2,1-2H3. The van der Waals surface area contributed by atoms with Crippen LogP contribution < -0.4 is 0 Å². The Balaban J connectivity index is 2.07. The fourth-order valence-electron chi connectivity index (χ4n) is 2.01. The number of benzene rings is 1. The number of nitrogens with zero attached hydrogens (tertiary/aromatic N) is 4. The molecule has 0 spiro atoms. The zero-order valence-electron chi connectivity index (χ0n) is 11.6. The molecule has 0 N–H and O–H groups in total. The molecule has 0 amide bonds. The number of hydrogen-bond donors (Lipinski definition) is 0. The number of para-hydroxylation sites is 1. The van der Waals surface area contributed by atoms with Crippen molar-refractivity contribution in [2.45, 2.75) is 12.1 Å². The molecule has 2 heterocycles. The monoisotopic (exact) mass is 322 g/mol. The Labute approximate surface area is 126 Å². The zero-order chi connectivity index (χ0) is 15.0. The van der Waals surface area contributed by atoms with Gasteiger partial charge in [-0.1, -0.05) is 23.9 Å². The summed E-state index contributed by atoms with van der Waals surface area (Å²) in [6, 6.07) is 7.72. The Bertz CT molecular complexity index is 918. The van der Waals surface area contributed by atoms with E-state index in [-0.39, 0.29) is 5.75 Å². The van der Waals surface area contributed by atoms with Crippen molar-refractivity contribution in [3.63, 3.8) is 0 Å². The highest BCUT2D eigenvalue weighted by Gasteiger charge is 2.13. The van der Waals surface area contributed by atoms with E-state index in [1.165, 1.54) is 18.0 Å². The predicted molar refractivity (Wildman–Crippen MR) is 83.5 cm³/mol. The summed E-state index contributed by atoms with van der Waals surface area (Å²) in [5.41, 5.74) is 1.58. The maximum atomic E-state index is 11.2. The molecule has 0 bridgehead atoms. The first-order chi connectivity index (χ1) is 9.94. The van der Waals surface area contributed by atoms with Crippen molar-refractivity contribution < 1.29 is 8.42 Å². The lowest BCUT2D eigenvalue weighted by Gasteiger charge is -2.05. The Hall–Kier alpha value is -1.67. The number of aromatic nitrogens is 4. The third-order valence-electron chi connectivity index (χ3n) is 2.94. The summed E-state index contributed by atoms with van der Waals surface area (Å²) in [4.78, 5) is 9.00. The lowest BCUT2D eigenvalue weighted by Crippen LogP contribution is -2.06. The van der Waals surface area contributed by atoms with E-state index < -0.39 is 9.84 Å². The molecule has 0 aliphatic heterocycles. The average Bonchev–Trinajstić information content (AvgIpc) is 2.79. The van der Waals surface area contributed by atoms with Gasteiger partial charge < -0.3 is 0 Å². The molecule has 0 saturated heterocycles. The van der Waals surface area contributed by atoms with Crippen LogP contribution in [-0.2, 0) is 9.84 Å². The molecule has 110 valence electrons. The van der Waals surface area contributed by atoms with Crippen molar-refractivity contribution >= 4 is 38.1 Å². The maximum Gasteiger partial charge on any atom is 0.191 e. The first kappa shape index (κ1) is 14.3. The van der Waals surface area contributed by atoms with E-state index in [0.29, 0.717) is 16.7 Å². The Morgan fingerprint density at radius 1 is 1.24 bits per heavy atom. The van der Waals surface area contributed by atoms with Gasteiger partial charge >= 0.3 is 0 Å². The highest BCUT2D eigenvalue weighted by Crippen LogP contribution is 2.23. The van der Waals surface area contributed by atoms with Crippen molar-refractivity contribution in [2.24, 2.45) is 0 Å². The molecule has 0 fully saturated rings. The average molecular weight is 322 g/mol. The second-order valence-corrected chi connectivity index (χ2v) is 8.11. The molecule has 0 unspecified atom stereocenters. The molecule has 0 aliphatic carbocycles. The smallest absolute Gasteiger partial charge is 0.191 e. The van der Waals surface area contributed by atoms with Crippen molar-refractivity contribution in [3.05, 3.63) is 30.1 Å². The second kappa shape index (κ2) is 5.27. The molecule has 6 nitrogen and oxygen atoms in total. The first-order valence-corrected chi connectivity index (χ1v) is 9.41.